The Balaban J connectivity index is 2.40. The number of esters is 1. The number of nitrogens with one attached hydrogen (secondary N) is 1. The minimum atomic E-state index is -0.646. The monoisotopic (exact) mass is 351 g/mol. The molecule has 0 aliphatic carbocycles. The average Bonchev–Trinajstić information content (AvgIpc) is 2.66. The van der Waals surface area contributed by atoms with E-state index in [-0.39, 0.29) is 12.2 Å². The molecular weight excluding hydrogens is 330 g/mol. The van der Waals surface area contributed by atoms with Gasteiger partial charge >= 0.3 is 5.97 Å². The number of nitrogens with two attached hydrogens (primary N) is 1. The van der Waals surface area contributed by atoms with Crippen molar-refractivity contribution >= 4 is 22.6 Å². The van der Waals surface area contributed by atoms with Gasteiger partial charge in [-0.2, -0.15) is 0 Å². The van der Waals surface area contributed by atoms with E-state index >= 15 is 0 Å². The lowest BCUT2D eigenvalue weighted by Gasteiger charge is -2.18. The van der Waals surface area contributed by atoms with E-state index in [9.17, 15) is 9.59 Å². The van der Waals surface area contributed by atoms with Gasteiger partial charge in [0.2, 0.25) is 0 Å². The molecule has 0 saturated heterocycles. The molecule has 3 aromatic rings. The van der Waals surface area contributed by atoms with Gasteiger partial charge in [-0.3, -0.25) is 9.36 Å². The molecule has 0 saturated carbocycles. The Morgan fingerprint density at radius 3 is 2.50 bits per heavy atom. The topological polar surface area (TPSA) is 86.3 Å². The maximum Gasteiger partial charge on any atom is 0.345 e. The van der Waals surface area contributed by atoms with E-state index in [0.29, 0.717) is 30.0 Å². The molecule has 26 heavy (non-hydrogen) atoms. The van der Waals surface area contributed by atoms with Crippen molar-refractivity contribution in [1.82, 2.24) is 4.57 Å². The minimum absolute atomic E-state index is 0.0112. The minimum Gasteiger partial charge on any atom is -0.462 e. The molecule has 6 nitrogen and oxygen atoms in total. The van der Waals surface area contributed by atoms with Crippen LogP contribution in [0.2, 0.25) is 0 Å². The predicted molar refractivity (Wildman–Crippen MR) is 103 cm³/mol. The lowest BCUT2D eigenvalue weighted by Crippen LogP contribution is -2.29. The number of para-hydroxylation sites is 2. The van der Waals surface area contributed by atoms with Crippen LogP contribution in [-0.4, -0.2) is 30.2 Å². The highest BCUT2D eigenvalue weighted by atomic mass is 16.5. The smallest absolute Gasteiger partial charge is 0.345 e. The molecule has 1 heterocycles. The fraction of sp³-hybridized carbons (Fsp3) is 0.200. The molecule has 0 fully saturated rings. The van der Waals surface area contributed by atoms with E-state index in [1.165, 1.54) is 4.57 Å². The lowest BCUT2D eigenvalue weighted by molar-refractivity contribution is 0.0525. The lowest BCUT2D eigenvalue weighted by atomic mass is 10.1. The van der Waals surface area contributed by atoms with Gasteiger partial charge in [-0.15, -0.1) is 0 Å². The number of ether oxygens (including phenoxy) is 1. The van der Waals surface area contributed by atoms with E-state index in [2.05, 4.69) is 5.32 Å². The van der Waals surface area contributed by atoms with Gasteiger partial charge in [0.25, 0.3) is 5.56 Å². The highest BCUT2D eigenvalue weighted by molar-refractivity contribution is 6.05. The summed E-state index contributed by atoms with van der Waals surface area (Å²) < 4.78 is 6.68. The molecule has 6 heteroatoms. The summed E-state index contributed by atoms with van der Waals surface area (Å²) >= 11 is 0. The quantitative estimate of drug-likeness (QED) is 0.667. The van der Waals surface area contributed by atoms with Crippen LogP contribution in [-0.2, 0) is 4.74 Å². The fourth-order valence-corrected chi connectivity index (χ4v) is 2.95. The molecule has 1 aromatic heterocycles. The van der Waals surface area contributed by atoms with E-state index < -0.39 is 11.5 Å². The first-order chi connectivity index (χ1) is 12.7. The Labute approximate surface area is 151 Å². The van der Waals surface area contributed by atoms with Crippen LogP contribution in [0.25, 0.3) is 16.6 Å². The van der Waals surface area contributed by atoms with Crippen molar-refractivity contribution in [3.05, 3.63) is 70.5 Å². The van der Waals surface area contributed by atoms with Crippen LogP contribution in [0.5, 0.6) is 0 Å². The summed E-state index contributed by atoms with van der Waals surface area (Å²) in [6.07, 6.45) is 0. The number of hydrogen-bond donors (Lipinski definition) is 2. The predicted octanol–water partition coefficient (Wildman–Crippen LogP) is 2.54. The number of carbonyl (C=O) groups excluding carboxylic acids is 1. The van der Waals surface area contributed by atoms with Crippen molar-refractivity contribution < 1.29 is 9.53 Å². The van der Waals surface area contributed by atoms with Crippen molar-refractivity contribution in [3.63, 3.8) is 0 Å². The van der Waals surface area contributed by atoms with Gasteiger partial charge in [0, 0.05) is 24.2 Å². The zero-order valence-corrected chi connectivity index (χ0v) is 14.6. The second kappa shape index (κ2) is 7.84. The highest BCUT2D eigenvalue weighted by Crippen LogP contribution is 2.27. The van der Waals surface area contributed by atoms with Gasteiger partial charge in [0.15, 0.2) is 0 Å². The molecule has 3 rings (SSSR count). The number of fused-ring (bicyclic) bond motifs is 1. The fourth-order valence-electron chi connectivity index (χ4n) is 2.95. The van der Waals surface area contributed by atoms with Crippen molar-refractivity contribution in [2.24, 2.45) is 5.73 Å². The number of aromatic nitrogens is 1. The van der Waals surface area contributed by atoms with Crippen LogP contribution in [0.4, 0.5) is 5.69 Å². The Hall–Kier alpha value is -3.12. The van der Waals surface area contributed by atoms with Crippen LogP contribution < -0.4 is 16.6 Å². The number of rotatable bonds is 6. The third-order valence-corrected chi connectivity index (χ3v) is 4.02. The number of nitrogens with zero attached hydrogens (tertiary/aromatic N) is 1. The van der Waals surface area contributed by atoms with E-state index in [1.807, 2.05) is 54.6 Å². The van der Waals surface area contributed by atoms with Gasteiger partial charge in [-0.1, -0.05) is 36.4 Å². The van der Waals surface area contributed by atoms with Gasteiger partial charge in [-0.05, 0) is 25.1 Å². The molecule has 2 aromatic carbocycles. The molecule has 0 amide bonds. The molecule has 0 atom stereocenters. The summed E-state index contributed by atoms with van der Waals surface area (Å²) in [6.45, 7) is 2.71. The summed E-state index contributed by atoms with van der Waals surface area (Å²) in [7, 11) is 0. The largest absolute Gasteiger partial charge is 0.462 e. The molecule has 0 radical (unpaired) electrons. The van der Waals surface area contributed by atoms with Crippen LogP contribution in [0, 0.1) is 0 Å². The van der Waals surface area contributed by atoms with Gasteiger partial charge in [0.05, 0.1) is 17.8 Å². The number of hydrogen-bond acceptors (Lipinski definition) is 5. The zero-order chi connectivity index (χ0) is 18.5. The molecular formula is C20H21N3O3. The second-order valence-electron chi connectivity index (χ2n) is 5.68. The maximum atomic E-state index is 13.3. The van der Waals surface area contributed by atoms with Crippen LogP contribution in [0.3, 0.4) is 0 Å². The highest BCUT2D eigenvalue weighted by Gasteiger charge is 2.23. The van der Waals surface area contributed by atoms with Crippen LogP contribution in [0.1, 0.15) is 17.3 Å². The van der Waals surface area contributed by atoms with Crippen molar-refractivity contribution in [2.75, 3.05) is 25.0 Å². The van der Waals surface area contributed by atoms with E-state index in [4.69, 9.17) is 10.5 Å². The Bertz CT molecular complexity index is 981. The zero-order valence-electron chi connectivity index (χ0n) is 14.6. The number of carbonyl (C=O) groups is 1. The Morgan fingerprint density at radius 1 is 1.12 bits per heavy atom. The molecule has 3 N–H and O–H groups in total. The summed E-state index contributed by atoms with van der Waals surface area (Å²) in [5.74, 6) is -0.646. The van der Waals surface area contributed by atoms with Gasteiger partial charge in [0.1, 0.15) is 5.56 Å². The summed E-state index contributed by atoms with van der Waals surface area (Å²) in [4.78, 5) is 25.8. The first-order valence-electron chi connectivity index (χ1n) is 8.53. The molecule has 0 unspecified atom stereocenters. The van der Waals surface area contributed by atoms with Crippen molar-refractivity contribution in [3.8, 4) is 5.69 Å². The maximum absolute atomic E-state index is 13.3. The molecule has 0 aliphatic rings. The van der Waals surface area contributed by atoms with Crippen molar-refractivity contribution in [1.29, 1.82) is 0 Å². The van der Waals surface area contributed by atoms with Crippen LogP contribution >= 0.6 is 0 Å². The van der Waals surface area contributed by atoms with E-state index in [0.717, 1.165) is 5.39 Å². The molecule has 0 bridgehead atoms. The molecule has 134 valence electrons. The number of anilines is 1. The summed E-state index contributed by atoms with van der Waals surface area (Å²) in [6, 6.07) is 16.7. The number of pyridine rings is 1. The van der Waals surface area contributed by atoms with Crippen molar-refractivity contribution in [2.45, 2.75) is 6.92 Å². The summed E-state index contributed by atoms with van der Waals surface area (Å²) in [5, 5.41) is 3.88. The SMILES string of the molecule is CCOC(=O)c1c(NCCN)c2ccccc2n(-c2ccccc2)c1=O. The normalized spacial score (nSPS) is 10.7. The molecule has 0 aliphatic heterocycles. The van der Waals surface area contributed by atoms with Crippen LogP contribution in [0.15, 0.2) is 59.4 Å². The van der Waals surface area contributed by atoms with E-state index in [1.54, 1.807) is 6.92 Å². The van der Waals surface area contributed by atoms with Gasteiger partial charge in [-0.25, -0.2) is 4.79 Å². The first kappa shape index (κ1) is 17.7. The standard InChI is InChI=1S/C20H21N3O3/c1-2-26-20(25)17-18(22-13-12-21)15-10-6-7-11-16(15)23(19(17)24)14-8-4-3-5-9-14/h3-11,22H,2,12-13,21H2,1H3. The third kappa shape index (κ3) is 3.19. The Morgan fingerprint density at radius 2 is 1.81 bits per heavy atom. The first-order valence-corrected chi connectivity index (χ1v) is 8.53. The summed E-state index contributed by atoms with van der Waals surface area (Å²) in [5.41, 5.74) is 7.02. The third-order valence-electron chi connectivity index (χ3n) is 4.02. The Kier molecular flexibility index (Phi) is 5.34. The molecule has 0 spiro atoms. The number of benzene rings is 2. The van der Waals surface area contributed by atoms with Gasteiger partial charge < -0.3 is 15.8 Å². The average molecular weight is 351 g/mol. The second-order valence-corrected chi connectivity index (χ2v) is 5.68.